The molecule has 0 spiro atoms. The van der Waals surface area contributed by atoms with Gasteiger partial charge in [-0.2, -0.15) is 30.3 Å². The second kappa shape index (κ2) is 8.92. The molecule has 0 aromatic heterocycles. The van der Waals surface area contributed by atoms with Crippen LogP contribution in [0.25, 0.3) is 0 Å². The van der Waals surface area contributed by atoms with E-state index >= 15 is 0 Å². The zero-order valence-electron chi connectivity index (χ0n) is 10.8. The molecule has 0 aliphatic carbocycles. The third-order valence-electron chi connectivity index (χ3n) is 2.64. The van der Waals surface area contributed by atoms with Crippen molar-refractivity contribution in [2.75, 3.05) is 0 Å². The van der Waals surface area contributed by atoms with Crippen LogP contribution in [0.5, 0.6) is 0 Å². The van der Waals surface area contributed by atoms with Crippen LogP contribution in [-0.2, 0) is 17.1 Å². The van der Waals surface area contributed by atoms with E-state index in [-0.39, 0.29) is 17.1 Å². The van der Waals surface area contributed by atoms with Gasteiger partial charge in [-0.25, -0.2) is 12.1 Å². The Morgan fingerprint density at radius 2 is 1.50 bits per heavy atom. The molecule has 0 radical (unpaired) electrons. The molecule has 3 aromatic carbocycles. The molecule has 0 aliphatic rings. The first kappa shape index (κ1) is 16.0. The molecule has 104 valence electrons. The molecule has 20 heavy (non-hydrogen) atoms. The zero-order valence-corrected chi connectivity index (χ0v) is 11.9. The van der Waals surface area contributed by atoms with Crippen LogP contribution < -0.4 is 0 Å². The van der Waals surface area contributed by atoms with E-state index in [1.807, 2.05) is 84.9 Å². The van der Waals surface area contributed by atoms with Crippen LogP contribution in [0.2, 0.25) is 0 Å². The predicted octanol–water partition coefficient (Wildman–Crippen LogP) is 4.04. The Morgan fingerprint density at radius 1 is 0.900 bits per heavy atom. The first-order valence-electron chi connectivity index (χ1n) is 6.08. The minimum atomic E-state index is 0. The number of nitrogens with zero attached hydrogens (tertiary/aromatic N) is 1. The normalized spacial score (nSPS) is 10.1. The minimum absolute atomic E-state index is 0. The van der Waals surface area contributed by atoms with Gasteiger partial charge in [0, 0.05) is 22.8 Å². The third-order valence-corrected chi connectivity index (χ3v) is 2.64. The average molecular weight is 305 g/mol. The molecule has 0 aliphatic heterocycles. The first-order valence-corrected chi connectivity index (χ1v) is 6.08. The Hall–Kier alpha value is -2.09. The van der Waals surface area contributed by atoms with Crippen molar-refractivity contribution in [3.05, 3.63) is 96.1 Å². The minimum Gasteiger partial charge on any atom is -0.412 e. The molecule has 3 aromatic rings. The number of hydrogen-bond donors (Lipinski definition) is 1. The van der Waals surface area contributed by atoms with Crippen LogP contribution in [0.15, 0.2) is 90.1 Å². The van der Waals surface area contributed by atoms with Crippen LogP contribution >= 0.6 is 0 Å². The Morgan fingerprint density at radius 3 is 1.95 bits per heavy atom. The topological polar surface area (TPSA) is 32.6 Å². The van der Waals surface area contributed by atoms with Crippen molar-refractivity contribution in [1.82, 2.24) is 0 Å². The summed E-state index contributed by atoms with van der Waals surface area (Å²) in [6.45, 7) is 0. The van der Waals surface area contributed by atoms with Gasteiger partial charge in [0.25, 0.3) is 0 Å². The molecule has 0 fully saturated rings. The second-order valence-corrected chi connectivity index (χ2v) is 3.95. The van der Waals surface area contributed by atoms with Gasteiger partial charge in [0.15, 0.2) is 0 Å². The molecule has 2 nitrogen and oxygen atoms in total. The van der Waals surface area contributed by atoms with Crippen molar-refractivity contribution in [2.45, 2.75) is 0 Å². The largest absolute Gasteiger partial charge is 0.412 e. The smallest absolute Gasteiger partial charge is 0.0353 e. The summed E-state index contributed by atoms with van der Waals surface area (Å²) in [7, 11) is 0. The van der Waals surface area contributed by atoms with Gasteiger partial charge in [0.1, 0.15) is 0 Å². The summed E-state index contributed by atoms with van der Waals surface area (Å²) in [5.74, 6) is 0. The SMILES string of the molecule is O/N=C(\c1ccccc1)[c-]1cccc1.[Fe].c1cc[cH-]c1. The number of oxime groups is 1. The van der Waals surface area contributed by atoms with Gasteiger partial charge < -0.3 is 5.21 Å². The molecule has 0 unspecified atom stereocenters. The van der Waals surface area contributed by atoms with Crippen LogP contribution in [0, 0.1) is 0 Å². The van der Waals surface area contributed by atoms with E-state index in [1.54, 1.807) is 0 Å². The number of hydrogen-bond acceptors (Lipinski definition) is 2. The van der Waals surface area contributed by atoms with Crippen molar-refractivity contribution in [1.29, 1.82) is 0 Å². The summed E-state index contributed by atoms with van der Waals surface area (Å²) in [4.78, 5) is 0. The van der Waals surface area contributed by atoms with E-state index in [0.717, 1.165) is 11.1 Å². The van der Waals surface area contributed by atoms with E-state index in [9.17, 15) is 0 Å². The molecule has 1 N–H and O–H groups in total. The van der Waals surface area contributed by atoms with Crippen LogP contribution in [0.1, 0.15) is 11.1 Å². The zero-order chi connectivity index (χ0) is 13.3. The molecule has 0 amide bonds. The summed E-state index contributed by atoms with van der Waals surface area (Å²) in [5, 5.41) is 12.3. The Balaban J connectivity index is 0.000000283. The quantitative estimate of drug-likeness (QED) is 0.250. The van der Waals surface area contributed by atoms with Gasteiger partial charge in [-0.3, -0.25) is 0 Å². The Labute approximate surface area is 129 Å². The molecule has 0 bridgehead atoms. The van der Waals surface area contributed by atoms with Gasteiger partial charge >= 0.3 is 0 Å². The standard InChI is InChI=1S/C12H10NO.C5H5.Fe/c14-13-12(11-8-4-5-9-11)10-6-2-1-3-7-10;1-2-4-5-3-1;/h1-9,14H;1-5H;/q2*-1;/b13-12+;;. The molecule has 3 rings (SSSR count). The van der Waals surface area contributed by atoms with E-state index in [0.29, 0.717) is 5.71 Å². The summed E-state index contributed by atoms with van der Waals surface area (Å²) in [6, 6.07) is 27.3. The number of benzene rings is 1. The number of rotatable bonds is 2. The molecular weight excluding hydrogens is 290 g/mol. The van der Waals surface area contributed by atoms with Crippen LogP contribution in [0.3, 0.4) is 0 Å². The Bertz CT molecular complexity index is 566. The van der Waals surface area contributed by atoms with Gasteiger partial charge in [-0.1, -0.05) is 41.5 Å². The fourth-order valence-corrected chi connectivity index (χ4v) is 1.73. The van der Waals surface area contributed by atoms with Crippen LogP contribution in [0.4, 0.5) is 0 Å². The van der Waals surface area contributed by atoms with Gasteiger partial charge in [0.2, 0.25) is 0 Å². The van der Waals surface area contributed by atoms with Crippen molar-refractivity contribution in [3.63, 3.8) is 0 Å². The van der Waals surface area contributed by atoms with Crippen molar-refractivity contribution in [3.8, 4) is 0 Å². The van der Waals surface area contributed by atoms with E-state index in [4.69, 9.17) is 5.21 Å². The molecule has 0 saturated carbocycles. The molecule has 0 saturated heterocycles. The summed E-state index contributed by atoms with van der Waals surface area (Å²) < 4.78 is 0. The third kappa shape index (κ3) is 4.54. The van der Waals surface area contributed by atoms with Crippen molar-refractivity contribution >= 4 is 5.71 Å². The summed E-state index contributed by atoms with van der Waals surface area (Å²) in [6.07, 6.45) is 0. The molecule has 0 atom stereocenters. The van der Waals surface area contributed by atoms with E-state index in [2.05, 4.69) is 5.16 Å². The van der Waals surface area contributed by atoms with Gasteiger partial charge in [-0.15, -0.1) is 17.3 Å². The maximum Gasteiger partial charge on any atom is 0.0353 e. The monoisotopic (exact) mass is 305 g/mol. The van der Waals surface area contributed by atoms with E-state index < -0.39 is 0 Å². The maximum atomic E-state index is 8.94. The van der Waals surface area contributed by atoms with Crippen molar-refractivity contribution in [2.24, 2.45) is 5.16 Å². The first-order chi connectivity index (χ1) is 9.42. The van der Waals surface area contributed by atoms with Gasteiger partial charge in [-0.05, 0) is 0 Å². The van der Waals surface area contributed by atoms with E-state index in [1.165, 1.54) is 0 Å². The Kier molecular flexibility index (Phi) is 7.12. The summed E-state index contributed by atoms with van der Waals surface area (Å²) in [5.41, 5.74) is 2.45. The fourth-order valence-electron chi connectivity index (χ4n) is 1.73. The van der Waals surface area contributed by atoms with Gasteiger partial charge in [0.05, 0.1) is 0 Å². The fraction of sp³-hybridized carbons (Fsp3) is 0. The van der Waals surface area contributed by atoms with Crippen molar-refractivity contribution < 1.29 is 22.3 Å². The molecular formula is C17H15FeNO-2. The molecule has 3 heteroatoms. The predicted molar refractivity (Wildman–Crippen MR) is 77.9 cm³/mol. The second-order valence-electron chi connectivity index (χ2n) is 3.95. The maximum absolute atomic E-state index is 8.94. The summed E-state index contributed by atoms with van der Waals surface area (Å²) >= 11 is 0. The van der Waals surface area contributed by atoms with Crippen LogP contribution in [-0.4, -0.2) is 10.9 Å². The average Bonchev–Trinajstić information content (AvgIpc) is 3.17. The molecule has 0 heterocycles.